The number of rotatable bonds is 9. The molecule has 0 spiro atoms. The van der Waals surface area contributed by atoms with Gasteiger partial charge < -0.3 is 21.3 Å². The van der Waals surface area contributed by atoms with Gasteiger partial charge in [0.1, 0.15) is 0 Å². The number of nitrogens with two attached hydrogens (primary N) is 1. The first-order valence-corrected chi connectivity index (χ1v) is 5.45. The van der Waals surface area contributed by atoms with Crippen molar-refractivity contribution in [1.82, 2.24) is 5.32 Å². The molecule has 16 heavy (non-hydrogen) atoms. The molecule has 0 aliphatic rings. The molecule has 6 nitrogen and oxygen atoms in total. The first kappa shape index (κ1) is 14.9. The monoisotopic (exact) mass is 232 g/mol. The summed E-state index contributed by atoms with van der Waals surface area (Å²) in [6.45, 7) is 0.425. The van der Waals surface area contributed by atoms with Crippen LogP contribution >= 0.6 is 0 Å². The SMILES string of the molecule is NCCCCCCC(=O)NCC(O)C(=O)O. The number of unbranched alkanes of at least 4 members (excludes halogenated alkanes) is 3. The van der Waals surface area contributed by atoms with Gasteiger partial charge in [-0.1, -0.05) is 12.8 Å². The summed E-state index contributed by atoms with van der Waals surface area (Å²) in [4.78, 5) is 21.4. The Hall–Kier alpha value is -1.14. The van der Waals surface area contributed by atoms with Crippen molar-refractivity contribution in [3.8, 4) is 0 Å². The zero-order valence-electron chi connectivity index (χ0n) is 9.32. The van der Waals surface area contributed by atoms with E-state index in [1.165, 1.54) is 0 Å². The van der Waals surface area contributed by atoms with Crippen LogP contribution in [0.15, 0.2) is 0 Å². The molecule has 0 aliphatic carbocycles. The second-order valence-electron chi connectivity index (χ2n) is 3.61. The summed E-state index contributed by atoms with van der Waals surface area (Å²) in [5, 5.41) is 19.6. The average molecular weight is 232 g/mol. The molecule has 0 aliphatic heterocycles. The van der Waals surface area contributed by atoms with Crippen LogP contribution < -0.4 is 11.1 Å². The summed E-state index contributed by atoms with van der Waals surface area (Å²) in [7, 11) is 0. The second-order valence-corrected chi connectivity index (χ2v) is 3.61. The zero-order valence-corrected chi connectivity index (χ0v) is 9.32. The van der Waals surface area contributed by atoms with Crippen LogP contribution in [0.3, 0.4) is 0 Å². The van der Waals surface area contributed by atoms with E-state index in [1.54, 1.807) is 0 Å². The third-order valence-electron chi connectivity index (χ3n) is 2.14. The summed E-state index contributed by atoms with van der Waals surface area (Å²) in [5.74, 6) is -1.56. The molecule has 0 radical (unpaired) electrons. The number of hydrogen-bond acceptors (Lipinski definition) is 4. The number of carboxylic acids is 1. The molecule has 0 fully saturated rings. The Morgan fingerprint density at radius 1 is 1.19 bits per heavy atom. The normalized spacial score (nSPS) is 12.1. The fraction of sp³-hybridized carbons (Fsp3) is 0.800. The van der Waals surface area contributed by atoms with Crippen LogP contribution in [0.1, 0.15) is 32.1 Å². The van der Waals surface area contributed by atoms with Gasteiger partial charge in [-0.15, -0.1) is 0 Å². The maximum atomic E-state index is 11.2. The first-order valence-electron chi connectivity index (χ1n) is 5.45. The number of carboxylic acid groups (broad SMARTS) is 1. The number of aliphatic carboxylic acids is 1. The van der Waals surface area contributed by atoms with E-state index in [2.05, 4.69) is 5.32 Å². The van der Waals surface area contributed by atoms with Crippen molar-refractivity contribution in [2.24, 2.45) is 5.73 Å². The third kappa shape index (κ3) is 8.19. The van der Waals surface area contributed by atoms with Gasteiger partial charge in [0.05, 0.1) is 6.54 Å². The molecule has 1 amide bonds. The van der Waals surface area contributed by atoms with Gasteiger partial charge in [-0.25, -0.2) is 4.79 Å². The number of aliphatic hydroxyl groups is 1. The van der Waals surface area contributed by atoms with Crippen LogP contribution in [-0.4, -0.2) is 41.3 Å². The molecule has 0 saturated heterocycles. The summed E-state index contributed by atoms with van der Waals surface area (Å²) in [6, 6.07) is 0. The summed E-state index contributed by atoms with van der Waals surface area (Å²) < 4.78 is 0. The van der Waals surface area contributed by atoms with Crippen LogP contribution in [0.4, 0.5) is 0 Å². The lowest BCUT2D eigenvalue weighted by Gasteiger charge is -2.07. The van der Waals surface area contributed by atoms with Crippen molar-refractivity contribution in [3.63, 3.8) is 0 Å². The Morgan fingerprint density at radius 3 is 2.38 bits per heavy atom. The minimum Gasteiger partial charge on any atom is -0.479 e. The number of nitrogens with one attached hydrogen (secondary N) is 1. The van der Waals surface area contributed by atoms with Gasteiger partial charge >= 0.3 is 5.97 Å². The van der Waals surface area contributed by atoms with Gasteiger partial charge in [0.25, 0.3) is 0 Å². The van der Waals surface area contributed by atoms with Gasteiger partial charge in [-0.3, -0.25) is 4.79 Å². The molecular weight excluding hydrogens is 212 g/mol. The Labute approximate surface area is 94.8 Å². The number of hydrogen-bond donors (Lipinski definition) is 4. The van der Waals surface area contributed by atoms with E-state index < -0.39 is 12.1 Å². The zero-order chi connectivity index (χ0) is 12.4. The van der Waals surface area contributed by atoms with Crippen LogP contribution in [0.25, 0.3) is 0 Å². The molecule has 0 bridgehead atoms. The highest BCUT2D eigenvalue weighted by Gasteiger charge is 2.13. The summed E-state index contributed by atoms with van der Waals surface area (Å²) >= 11 is 0. The van der Waals surface area contributed by atoms with E-state index in [1.807, 2.05) is 0 Å². The highest BCUT2D eigenvalue weighted by Crippen LogP contribution is 2.01. The topological polar surface area (TPSA) is 113 Å². The Balaban J connectivity index is 3.41. The van der Waals surface area contributed by atoms with E-state index in [0.29, 0.717) is 13.0 Å². The Morgan fingerprint density at radius 2 is 1.81 bits per heavy atom. The lowest BCUT2D eigenvalue weighted by molar-refractivity contribution is -0.146. The van der Waals surface area contributed by atoms with Crippen LogP contribution in [0.2, 0.25) is 0 Å². The molecule has 0 aromatic rings. The molecule has 0 saturated carbocycles. The number of aliphatic hydroxyl groups excluding tert-OH is 1. The molecule has 5 N–H and O–H groups in total. The minimum atomic E-state index is -1.53. The molecule has 94 valence electrons. The molecule has 0 aromatic carbocycles. The lowest BCUT2D eigenvalue weighted by Crippen LogP contribution is -2.36. The largest absolute Gasteiger partial charge is 0.479 e. The second kappa shape index (κ2) is 9.11. The molecule has 0 aromatic heterocycles. The molecular formula is C10H20N2O4. The minimum absolute atomic E-state index is 0.229. The lowest BCUT2D eigenvalue weighted by atomic mass is 10.1. The van der Waals surface area contributed by atoms with E-state index in [4.69, 9.17) is 15.9 Å². The molecule has 1 unspecified atom stereocenters. The summed E-state index contributed by atoms with van der Waals surface area (Å²) in [5.41, 5.74) is 5.32. The number of amides is 1. The van der Waals surface area contributed by atoms with Crippen molar-refractivity contribution >= 4 is 11.9 Å². The fourth-order valence-electron chi connectivity index (χ4n) is 1.17. The van der Waals surface area contributed by atoms with Crippen molar-refractivity contribution in [1.29, 1.82) is 0 Å². The Kier molecular flexibility index (Phi) is 8.46. The van der Waals surface area contributed by atoms with Gasteiger partial charge in [0, 0.05) is 6.42 Å². The predicted octanol–water partition coefficient (Wildman–Crippen LogP) is -0.543. The van der Waals surface area contributed by atoms with Gasteiger partial charge in [0.2, 0.25) is 5.91 Å². The summed E-state index contributed by atoms with van der Waals surface area (Å²) in [6.07, 6.45) is 2.49. The van der Waals surface area contributed by atoms with Crippen molar-refractivity contribution < 1.29 is 19.8 Å². The smallest absolute Gasteiger partial charge is 0.334 e. The third-order valence-corrected chi connectivity index (χ3v) is 2.14. The Bertz CT molecular complexity index is 221. The molecule has 6 heteroatoms. The highest BCUT2D eigenvalue weighted by molar-refractivity contribution is 5.77. The van der Waals surface area contributed by atoms with E-state index in [0.717, 1.165) is 25.7 Å². The van der Waals surface area contributed by atoms with Gasteiger partial charge in [-0.05, 0) is 19.4 Å². The number of carbonyl (C=O) groups excluding carboxylic acids is 1. The first-order chi connectivity index (χ1) is 7.57. The van der Waals surface area contributed by atoms with Crippen LogP contribution in [-0.2, 0) is 9.59 Å². The quantitative estimate of drug-likeness (QED) is 0.399. The average Bonchev–Trinajstić information content (AvgIpc) is 2.25. The maximum absolute atomic E-state index is 11.2. The van der Waals surface area contributed by atoms with E-state index in [-0.39, 0.29) is 12.5 Å². The fourth-order valence-corrected chi connectivity index (χ4v) is 1.17. The number of carbonyl (C=O) groups is 2. The van der Waals surface area contributed by atoms with Crippen molar-refractivity contribution in [3.05, 3.63) is 0 Å². The van der Waals surface area contributed by atoms with Gasteiger partial charge in [0.15, 0.2) is 6.10 Å². The van der Waals surface area contributed by atoms with Crippen LogP contribution in [0, 0.1) is 0 Å². The highest BCUT2D eigenvalue weighted by atomic mass is 16.4. The standard InChI is InChI=1S/C10H20N2O4/c11-6-4-2-1-3-5-9(14)12-7-8(13)10(15)16/h8,13H,1-7,11H2,(H,12,14)(H,15,16). The molecule has 1 atom stereocenters. The molecule has 0 heterocycles. The van der Waals surface area contributed by atoms with E-state index in [9.17, 15) is 9.59 Å². The predicted molar refractivity (Wildman–Crippen MR) is 58.8 cm³/mol. The molecule has 0 rings (SSSR count). The van der Waals surface area contributed by atoms with Crippen molar-refractivity contribution in [2.45, 2.75) is 38.2 Å². The maximum Gasteiger partial charge on any atom is 0.334 e. The van der Waals surface area contributed by atoms with E-state index >= 15 is 0 Å². The van der Waals surface area contributed by atoms with Crippen molar-refractivity contribution in [2.75, 3.05) is 13.1 Å². The van der Waals surface area contributed by atoms with Gasteiger partial charge in [-0.2, -0.15) is 0 Å². The van der Waals surface area contributed by atoms with Crippen LogP contribution in [0.5, 0.6) is 0 Å².